The molecule has 7 aliphatic rings. The summed E-state index contributed by atoms with van der Waals surface area (Å²) in [5.74, 6) is 16.9. The number of rotatable bonds is 2. The van der Waals surface area contributed by atoms with E-state index in [0.29, 0.717) is 66.8 Å². The fourth-order valence-corrected chi connectivity index (χ4v) is 13.8. The molecule has 7 N–H and O–H groups in total. The molecule has 0 saturated heterocycles. The van der Waals surface area contributed by atoms with Gasteiger partial charge in [-0.15, -0.1) is 0 Å². The van der Waals surface area contributed by atoms with Crippen LogP contribution in [-0.2, 0) is 30.5 Å². The second-order valence-corrected chi connectivity index (χ2v) is 20.9. The summed E-state index contributed by atoms with van der Waals surface area (Å²) < 4.78 is 19.2. The number of ether oxygens (including phenoxy) is 3. The van der Waals surface area contributed by atoms with Crippen LogP contribution in [0.3, 0.4) is 0 Å². The molecule has 4 aliphatic heterocycles. The maximum atomic E-state index is 13.2. The number of aliphatic hydroxyl groups is 2. The number of carbonyl (C=O) groups excluding carboxylic acids is 1. The van der Waals surface area contributed by atoms with Gasteiger partial charge in [0.2, 0.25) is 6.29 Å². The van der Waals surface area contributed by atoms with E-state index in [9.17, 15) is 20.1 Å². The van der Waals surface area contributed by atoms with Crippen LogP contribution in [0.1, 0.15) is 112 Å². The minimum atomic E-state index is -1.18. The van der Waals surface area contributed by atoms with Crippen molar-refractivity contribution in [2.75, 3.05) is 25.3 Å². The number of hydrogen-bond acceptors (Lipinski definition) is 13. The molecule has 13 heteroatoms. The normalized spacial score (nSPS) is 30.3. The molecule has 0 unspecified atom stereocenters. The molecular weight excluding hydrogens is 809 g/mol. The third kappa shape index (κ3) is 9.20. The molecule has 0 aromatic heterocycles. The third-order valence-electron chi connectivity index (χ3n) is 14.4. The maximum absolute atomic E-state index is 13.2. The molecule has 9 rings (SSSR count). The number of benzene rings is 2. The molecule has 6 bridgehead atoms. The Bertz CT molecular complexity index is 2110. The Labute approximate surface area is 368 Å². The lowest BCUT2D eigenvalue weighted by Crippen LogP contribution is -2.55. The summed E-state index contributed by atoms with van der Waals surface area (Å²) in [5, 5.41) is 41.7. The molecule has 7 atom stereocenters. The van der Waals surface area contributed by atoms with Gasteiger partial charge in [-0.25, -0.2) is 4.99 Å². The van der Waals surface area contributed by atoms with Crippen molar-refractivity contribution in [3.63, 3.8) is 0 Å². The fourth-order valence-electron chi connectivity index (χ4n) is 10.9. The Balaban J connectivity index is 1.26. The zero-order chi connectivity index (χ0) is 42.7. The van der Waals surface area contributed by atoms with Crippen molar-refractivity contribution in [2.24, 2.45) is 33.9 Å². The van der Waals surface area contributed by atoms with E-state index in [1.54, 1.807) is 33.7 Å². The number of aromatic hydroxyl groups is 1. The van der Waals surface area contributed by atoms with Crippen LogP contribution in [0.15, 0.2) is 23.2 Å². The lowest BCUT2D eigenvalue weighted by atomic mass is 9.68. The average molecular weight is 871 g/mol. The lowest BCUT2D eigenvalue weighted by molar-refractivity contribution is -0.121. The first-order valence-electron chi connectivity index (χ1n) is 22.3. The Morgan fingerprint density at radius 3 is 2.57 bits per heavy atom. The van der Waals surface area contributed by atoms with Crippen LogP contribution in [0.25, 0.3) is 0 Å². The predicted octanol–water partition coefficient (Wildman–Crippen LogP) is 6.19. The molecule has 4 heterocycles. The maximum Gasteiger partial charge on any atom is 0.201 e. The predicted molar refractivity (Wildman–Crippen MR) is 242 cm³/mol. The summed E-state index contributed by atoms with van der Waals surface area (Å²) >= 11 is 0. The zero-order valence-corrected chi connectivity index (χ0v) is 37.5. The van der Waals surface area contributed by atoms with Gasteiger partial charge in [0.25, 0.3) is 0 Å². The van der Waals surface area contributed by atoms with Crippen LogP contribution in [0.4, 0.5) is 0 Å². The van der Waals surface area contributed by atoms with Crippen LogP contribution >= 0.6 is 21.6 Å². The molecule has 61 heavy (non-hydrogen) atoms. The van der Waals surface area contributed by atoms with E-state index < -0.39 is 18.4 Å². The van der Waals surface area contributed by atoms with E-state index in [-0.39, 0.29) is 72.1 Å². The number of phenols is 1. The van der Waals surface area contributed by atoms with E-state index in [1.165, 1.54) is 20.0 Å². The standard InChI is InChI=1S/C48H62N4O7S2/c1-29(2)40-27-61-60-26-38-37-25-36-31-13-16-34(54)24-33(53)15-12-30-14-17-41(55)43(57-3)35(30)10-6-9-32(23-31)42(44(36)59-45(37)56)58-28-50-48(21-7-11-39(38)51-46(49)52-40)22-8-20-47(48)18-4-5-19-47/h14,17,23,29,34,37-40,45,50,54-56H,4-5,8-9,12-13,15-16,18-22,24-28H2,1-3H3,(H3,49,51,52)/t34-,37+,38+,39-,40-,45+,48-/m1/s1. The number of nitrogens with one attached hydrogen (secondary N) is 2. The zero-order valence-electron chi connectivity index (χ0n) is 35.8. The summed E-state index contributed by atoms with van der Waals surface area (Å²) in [6.45, 7) is 4.56. The number of fused-ring (bicyclic) bond motifs is 7. The van der Waals surface area contributed by atoms with Gasteiger partial charge in [-0.2, -0.15) is 0 Å². The molecule has 0 radical (unpaired) electrons. The van der Waals surface area contributed by atoms with E-state index in [0.717, 1.165) is 60.1 Å². The van der Waals surface area contributed by atoms with Gasteiger partial charge in [-0.1, -0.05) is 90.5 Å². The number of nitrogens with two attached hydrogens (primary N) is 1. The van der Waals surface area contributed by atoms with Crippen LogP contribution < -0.4 is 30.6 Å². The first kappa shape index (κ1) is 43.9. The number of carbonyl (C=O) groups is 1. The van der Waals surface area contributed by atoms with E-state index in [1.807, 2.05) is 0 Å². The molecule has 0 amide bonds. The molecule has 2 spiro atoms. The molecule has 2 fully saturated rings. The van der Waals surface area contributed by atoms with Gasteiger partial charge in [-0.05, 0) is 79.9 Å². The second-order valence-electron chi connectivity index (χ2n) is 18.3. The molecule has 11 nitrogen and oxygen atoms in total. The van der Waals surface area contributed by atoms with Crippen molar-refractivity contribution < 1.29 is 34.3 Å². The number of aliphatic imine (C=N–C) groups is 1. The van der Waals surface area contributed by atoms with Crippen molar-refractivity contribution in [1.82, 2.24) is 10.6 Å². The third-order valence-corrected chi connectivity index (χ3v) is 16.9. The van der Waals surface area contributed by atoms with Crippen molar-refractivity contribution in [2.45, 2.75) is 140 Å². The van der Waals surface area contributed by atoms with Gasteiger partial charge >= 0.3 is 0 Å². The number of phenolic OH excluding ortho intramolecular Hbond substituents is 1. The summed E-state index contributed by atoms with van der Waals surface area (Å²) in [6.07, 6.45) is 8.98. The van der Waals surface area contributed by atoms with E-state index >= 15 is 0 Å². The highest BCUT2D eigenvalue weighted by Crippen LogP contribution is 2.58. The van der Waals surface area contributed by atoms with Gasteiger partial charge < -0.3 is 40.6 Å². The summed E-state index contributed by atoms with van der Waals surface area (Å²) in [6, 6.07) is 5.13. The molecule has 2 saturated carbocycles. The number of Topliss-reactive ketones (excluding diaryl/α,β-unsaturated/α-hetero) is 1. The van der Waals surface area contributed by atoms with Crippen molar-refractivity contribution in [3.8, 4) is 46.7 Å². The quantitative estimate of drug-likeness (QED) is 0.150. The Morgan fingerprint density at radius 1 is 0.967 bits per heavy atom. The number of nitrogens with zero attached hydrogens (tertiary/aromatic N) is 1. The topological polar surface area (TPSA) is 168 Å². The Morgan fingerprint density at radius 2 is 1.77 bits per heavy atom. The van der Waals surface area contributed by atoms with E-state index in [2.05, 4.69) is 54.2 Å². The number of ketones is 1. The minimum Gasteiger partial charge on any atom is -0.504 e. The van der Waals surface area contributed by atoms with Gasteiger partial charge in [0.05, 0.1) is 30.9 Å². The number of hydrogen-bond donors (Lipinski definition) is 6. The fraction of sp³-hybridized carbons (Fsp3) is 0.625. The highest BCUT2D eigenvalue weighted by molar-refractivity contribution is 8.76. The highest BCUT2D eigenvalue weighted by Gasteiger charge is 2.55. The number of aryl methyl sites for hydroxylation is 2. The molecule has 328 valence electrons. The minimum absolute atomic E-state index is 0.0306. The second kappa shape index (κ2) is 18.9. The Kier molecular flexibility index (Phi) is 13.6. The molecule has 2 aromatic rings. The van der Waals surface area contributed by atoms with Crippen LogP contribution in [0.5, 0.6) is 23.0 Å². The first-order valence-corrected chi connectivity index (χ1v) is 24.8. The lowest BCUT2D eigenvalue weighted by Gasteiger charge is -2.44. The van der Waals surface area contributed by atoms with Gasteiger partial charge in [0.1, 0.15) is 12.5 Å². The molecule has 3 aliphatic carbocycles. The van der Waals surface area contributed by atoms with Crippen molar-refractivity contribution in [1.29, 1.82) is 0 Å². The molecule has 2 aromatic carbocycles. The van der Waals surface area contributed by atoms with Crippen LogP contribution in [-0.4, -0.2) is 82.4 Å². The number of methoxy groups -OCH3 is 1. The SMILES string of the molecule is COc1c(O)ccc2c1C#CCc1cc(c3c4c1OCN[C@]1(CC#C[C@H]5NC(N)=N[C@@H](C(C)C)CSSC[C@H]5[C@H](C3)[C@@H](O)O4)CCCC13CCCC3)CC[C@@H](O)CC(=O)CC2. The largest absolute Gasteiger partial charge is 0.504 e. The summed E-state index contributed by atoms with van der Waals surface area (Å²) in [7, 11) is 5.07. The molecular formula is C48H62N4O7S2. The van der Waals surface area contributed by atoms with Gasteiger partial charge in [0, 0.05) is 65.7 Å². The number of guanidine groups is 1. The first-order chi connectivity index (χ1) is 29.5. The van der Waals surface area contributed by atoms with Crippen LogP contribution in [0, 0.1) is 46.9 Å². The highest BCUT2D eigenvalue weighted by atomic mass is 33.1. The van der Waals surface area contributed by atoms with Crippen LogP contribution in [0.2, 0.25) is 0 Å². The van der Waals surface area contributed by atoms with Gasteiger partial charge in [0.15, 0.2) is 29.0 Å². The van der Waals surface area contributed by atoms with Crippen molar-refractivity contribution in [3.05, 3.63) is 46.0 Å². The number of aliphatic hydroxyl groups excluding tert-OH is 2. The average Bonchev–Trinajstić information content (AvgIpc) is 3.85. The Hall–Kier alpha value is -3.72. The summed E-state index contributed by atoms with van der Waals surface area (Å²) in [4.78, 5) is 18.2. The monoisotopic (exact) mass is 870 g/mol. The summed E-state index contributed by atoms with van der Waals surface area (Å²) in [5.41, 5.74) is 10.6. The smallest absolute Gasteiger partial charge is 0.201 e. The van der Waals surface area contributed by atoms with E-state index in [4.69, 9.17) is 24.9 Å². The van der Waals surface area contributed by atoms with Gasteiger partial charge in [-0.3, -0.25) is 10.1 Å². The van der Waals surface area contributed by atoms with Crippen molar-refractivity contribution >= 4 is 33.3 Å².